The molecule has 0 saturated heterocycles. The number of rotatable bonds is 3. The number of halogens is 1. The second-order valence-corrected chi connectivity index (χ2v) is 3.78. The molecule has 50 valence electrons. The molecule has 0 fully saturated rings. The number of nitrogens with zero attached hydrogens (tertiary/aromatic N) is 1. The summed E-state index contributed by atoms with van der Waals surface area (Å²) in [5, 5.41) is 3.30. The summed E-state index contributed by atoms with van der Waals surface area (Å²) in [4.78, 5) is 4.17. The van der Waals surface area contributed by atoms with Gasteiger partial charge in [-0.25, -0.2) is 4.98 Å². The van der Waals surface area contributed by atoms with Crippen molar-refractivity contribution in [2.45, 2.75) is 12.8 Å². The first kappa shape index (κ1) is 7.47. The largest absolute Gasteiger partial charge is 0.250 e. The van der Waals surface area contributed by atoms with Gasteiger partial charge in [-0.2, -0.15) is 0 Å². The van der Waals surface area contributed by atoms with Crippen LogP contribution >= 0.6 is 33.9 Å². The van der Waals surface area contributed by atoms with Gasteiger partial charge in [0.2, 0.25) is 0 Å². The molecule has 1 aromatic rings. The minimum absolute atomic E-state index is 1.15. The zero-order chi connectivity index (χ0) is 6.53. The van der Waals surface area contributed by atoms with E-state index in [1.54, 1.807) is 11.3 Å². The molecule has 9 heavy (non-hydrogen) atoms. The molecule has 0 unspecified atom stereocenters. The van der Waals surface area contributed by atoms with Gasteiger partial charge in [0.25, 0.3) is 0 Å². The third-order valence-corrected chi connectivity index (χ3v) is 2.61. The minimum Gasteiger partial charge on any atom is -0.250 e. The third kappa shape index (κ3) is 2.62. The summed E-state index contributed by atoms with van der Waals surface area (Å²) in [5.74, 6) is 0. The Hall–Kier alpha value is 0.360. The fourth-order valence-corrected chi connectivity index (χ4v) is 1.64. The molecule has 0 atom stereocenters. The van der Waals surface area contributed by atoms with E-state index in [2.05, 4.69) is 27.6 Å². The predicted molar refractivity (Wildman–Crippen MR) is 49.3 cm³/mol. The Kier molecular flexibility index (Phi) is 3.50. The van der Waals surface area contributed by atoms with Crippen molar-refractivity contribution in [3.05, 3.63) is 16.6 Å². The molecule has 0 aliphatic carbocycles. The molecule has 0 amide bonds. The zero-order valence-electron chi connectivity index (χ0n) is 5.01. The van der Waals surface area contributed by atoms with Crippen molar-refractivity contribution < 1.29 is 0 Å². The molecule has 0 aliphatic rings. The highest BCUT2D eigenvalue weighted by molar-refractivity contribution is 14.1. The fourth-order valence-electron chi connectivity index (χ4n) is 0.594. The van der Waals surface area contributed by atoms with Gasteiger partial charge in [0.1, 0.15) is 0 Å². The van der Waals surface area contributed by atoms with Crippen LogP contribution in [-0.4, -0.2) is 9.41 Å². The maximum absolute atomic E-state index is 4.17. The molecule has 1 rings (SSSR count). The van der Waals surface area contributed by atoms with Crippen LogP contribution in [0.4, 0.5) is 0 Å². The molecule has 0 bridgehead atoms. The van der Waals surface area contributed by atoms with E-state index in [4.69, 9.17) is 0 Å². The van der Waals surface area contributed by atoms with Gasteiger partial charge in [-0.15, -0.1) is 11.3 Å². The average molecular weight is 253 g/mol. The van der Waals surface area contributed by atoms with Crippen molar-refractivity contribution in [3.8, 4) is 0 Å². The topological polar surface area (TPSA) is 12.9 Å². The van der Waals surface area contributed by atoms with Crippen molar-refractivity contribution >= 4 is 33.9 Å². The third-order valence-electron chi connectivity index (χ3n) is 1.01. The predicted octanol–water partition coefficient (Wildman–Crippen LogP) is 2.51. The second kappa shape index (κ2) is 4.22. The lowest BCUT2D eigenvalue weighted by Gasteiger charge is -1.88. The summed E-state index contributed by atoms with van der Waals surface area (Å²) in [7, 11) is 0. The summed E-state index contributed by atoms with van der Waals surface area (Å²) in [6.07, 6.45) is 4.28. The van der Waals surface area contributed by atoms with Crippen molar-refractivity contribution in [1.82, 2.24) is 4.98 Å². The van der Waals surface area contributed by atoms with Gasteiger partial charge in [0.05, 0.1) is 5.01 Å². The summed E-state index contributed by atoms with van der Waals surface area (Å²) in [6.45, 7) is 0. The van der Waals surface area contributed by atoms with Crippen molar-refractivity contribution in [2.75, 3.05) is 4.43 Å². The van der Waals surface area contributed by atoms with Crippen molar-refractivity contribution in [2.24, 2.45) is 0 Å². The highest BCUT2D eigenvalue weighted by atomic mass is 127. The number of thiazole rings is 1. The zero-order valence-corrected chi connectivity index (χ0v) is 7.98. The molecule has 0 aliphatic heterocycles. The van der Waals surface area contributed by atoms with Crippen LogP contribution < -0.4 is 0 Å². The van der Waals surface area contributed by atoms with Crippen LogP contribution in [0.3, 0.4) is 0 Å². The van der Waals surface area contributed by atoms with Gasteiger partial charge in [-0.3, -0.25) is 0 Å². The summed E-state index contributed by atoms with van der Waals surface area (Å²) < 4.78 is 1.23. The monoisotopic (exact) mass is 253 g/mol. The average Bonchev–Trinajstić information content (AvgIpc) is 2.34. The van der Waals surface area contributed by atoms with Crippen molar-refractivity contribution in [1.29, 1.82) is 0 Å². The van der Waals surface area contributed by atoms with Gasteiger partial charge in [0, 0.05) is 18.0 Å². The highest BCUT2D eigenvalue weighted by Crippen LogP contribution is 2.07. The molecule has 3 heteroatoms. The Morgan fingerprint density at radius 1 is 1.67 bits per heavy atom. The van der Waals surface area contributed by atoms with Crippen LogP contribution in [0, 0.1) is 0 Å². The van der Waals surface area contributed by atoms with Crippen LogP contribution in [0.15, 0.2) is 11.6 Å². The summed E-state index contributed by atoms with van der Waals surface area (Å²) in [6, 6.07) is 0. The van der Waals surface area contributed by atoms with Crippen LogP contribution in [-0.2, 0) is 6.42 Å². The Morgan fingerprint density at radius 2 is 2.56 bits per heavy atom. The molecule has 0 spiro atoms. The van der Waals surface area contributed by atoms with E-state index in [1.165, 1.54) is 15.9 Å². The standard InChI is InChI=1S/C6H8INS/c7-3-1-2-6-8-4-5-9-6/h4-5H,1-3H2. The number of aryl methyl sites for hydroxylation is 1. The van der Waals surface area contributed by atoms with Crippen LogP contribution in [0.25, 0.3) is 0 Å². The fraction of sp³-hybridized carbons (Fsp3) is 0.500. The Balaban J connectivity index is 2.30. The van der Waals surface area contributed by atoms with Gasteiger partial charge in [-0.05, 0) is 10.8 Å². The van der Waals surface area contributed by atoms with Gasteiger partial charge in [0.15, 0.2) is 0 Å². The number of aromatic nitrogens is 1. The molecule has 0 aromatic carbocycles. The SMILES string of the molecule is ICCCc1nccs1. The molecular formula is C6H8INS. The van der Waals surface area contributed by atoms with Crippen molar-refractivity contribution in [3.63, 3.8) is 0 Å². The summed E-state index contributed by atoms with van der Waals surface area (Å²) >= 11 is 4.14. The minimum atomic E-state index is 1.15. The lowest BCUT2D eigenvalue weighted by Crippen LogP contribution is -1.82. The van der Waals surface area contributed by atoms with Crippen LogP contribution in [0.1, 0.15) is 11.4 Å². The van der Waals surface area contributed by atoms with E-state index < -0.39 is 0 Å². The maximum Gasteiger partial charge on any atom is 0.0925 e. The maximum atomic E-state index is 4.17. The Labute approximate surface area is 72.6 Å². The lowest BCUT2D eigenvalue weighted by atomic mass is 10.4. The molecule has 1 heterocycles. The van der Waals surface area contributed by atoms with E-state index in [0.29, 0.717) is 0 Å². The van der Waals surface area contributed by atoms with E-state index in [0.717, 1.165) is 6.42 Å². The smallest absolute Gasteiger partial charge is 0.0925 e. The first-order valence-electron chi connectivity index (χ1n) is 2.88. The summed E-state index contributed by atoms with van der Waals surface area (Å²) in [5.41, 5.74) is 0. The molecule has 0 saturated carbocycles. The Bertz CT molecular complexity index is 150. The number of hydrogen-bond acceptors (Lipinski definition) is 2. The van der Waals surface area contributed by atoms with Crippen LogP contribution in [0.2, 0.25) is 0 Å². The number of hydrogen-bond donors (Lipinski definition) is 0. The lowest BCUT2D eigenvalue weighted by molar-refractivity contribution is 0.931. The molecule has 1 nitrogen and oxygen atoms in total. The first-order valence-corrected chi connectivity index (χ1v) is 5.28. The molecule has 0 radical (unpaired) electrons. The molecule has 0 N–H and O–H groups in total. The number of alkyl halides is 1. The Morgan fingerprint density at radius 3 is 3.11 bits per heavy atom. The second-order valence-electron chi connectivity index (χ2n) is 1.72. The van der Waals surface area contributed by atoms with Crippen LogP contribution in [0.5, 0.6) is 0 Å². The molecular weight excluding hydrogens is 245 g/mol. The quantitative estimate of drug-likeness (QED) is 0.595. The van der Waals surface area contributed by atoms with Gasteiger partial charge >= 0.3 is 0 Å². The normalized spacial score (nSPS) is 9.89. The van der Waals surface area contributed by atoms with E-state index in [-0.39, 0.29) is 0 Å². The highest BCUT2D eigenvalue weighted by Gasteiger charge is 1.91. The van der Waals surface area contributed by atoms with E-state index >= 15 is 0 Å². The van der Waals surface area contributed by atoms with Gasteiger partial charge < -0.3 is 0 Å². The molecule has 1 aromatic heterocycles. The van der Waals surface area contributed by atoms with E-state index in [1.807, 2.05) is 11.6 Å². The van der Waals surface area contributed by atoms with Gasteiger partial charge in [-0.1, -0.05) is 22.6 Å². The first-order chi connectivity index (χ1) is 4.43. The van der Waals surface area contributed by atoms with E-state index in [9.17, 15) is 0 Å².